The molecule has 0 fully saturated rings. The number of hydrogen-bond donors (Lipinski definition) is 1. The average molecular weight is 275 g/mol. The third-order valence-corrected chi connectivity index (χ3v) is 2.10. The van der Waals surface area contributed by atoms with Crippen molar-refractivity contribution in [1.29, 1.82) is 0 Å². The van der Waals surface area contributed by atoms with Gasteiger partial charge in [-0.3, -0.25) is 0 Å². The van der Waals surface area contributed by atoms with Crippen LogP contribution in [0.4, 0.5) is 19.1 Å². The minimum absolute atomic E-state index is 0.0784. The van der Waals surface area contributed by atoms with Crippen LogP contribution >= 0.6 is 0 Å². The number of nitrogens with one attached hydrogen (secondary N) is 1. The maximum absolute atomic E-state index is 12.7. The highest BCUT2D eigenvalue weighted by molar-refractivity contribution is 5.31. The Balaban J connectivity index is 2.91. The molecule has 7 heteroatoms. The topological polar surface area (TPSA) is 47.0 Å². The number of aromatic nitrogens is 2. The predicted molar refractivity (Wildman–Crippen MR) is 66.1 cm³/mol. The number of ether oxygens (including phenoxy) is 1. The van der Waals surface area contributed by atoms with Gasteiger partial charge in [-0.05, 0) is 12.8 Å². The number of nitrogens with zero attached hydrogens (tertiary/aromatic N) is 2. The Bertz CT molecular complexity index is 421. The number of hydrogen-bond acceptors (Lipinski definition) is 4. The fourth-order valence-electron chi connectivity index (χ4n) is 1.21. The molecule has 0 aromatic carbocycles. The van der Waals surface area contributed by atoms with Crippen molar-refractivity contribution in [2.24, 2.45) is 0 Å². The first kappa shape index (κ1) is 15.3. The van der Waals surface area contributed by atoms with Crippen molar-refractivity contribution in [2.45, 2.75) is 25.9 Å². The second-order valence-electron chi connectivity index (χ2n) is 3.77. The smallest absolute Gasteiger partial charge is 0.433 e. The zero-order valence-corrected chi connectivity index (χ0v) is 10.6. The van der Waals surface area contributed by atoms with E-state index in [1.54, 1.807) is 6.08 Å². The third kappa shape index (κ3) is 5.15. The first-order valence-electron chi connectivity index (χ1n) is 5.91. The van der Waals surface area contributed by atoms with Gasteiger partial charge in [-0.1, -0.05) is 13.0 Å². The number of anilines is 1. The summed E-state index contributed by atoms with van der Waals surface area (Å²) in [4.78, 5) is 7.30. The van der Waals surface area contributed by atoms with E-state index < -0.39 is 11.9 Å². The quantitative estimate of drug-likeness (QED) is 0.613. The van der Waals surface area contributed by atoms with E-state index >= 15 is 0 Å². The van der Waals surface area contributed by atoms with Crippen LogP contribution in [-0.2, 0) is 6.18 Å². The van der Waals surface area contributed by atoms with Gasteiger partial charge in [0, 0.05) is 12.6 Å². The van der Waals surface area contributed by atoms with Gasteiger partial charge in [-0.25, -0.2) is 4.98 Å². The molecular formula is C12H16F3N3O. The molecule has 4 nitrogen and oxygen atoms in total. The van der Waals surface area contributed by atoms with E-state index in [4.69, 9.17) is 4.74 Å². The van der Waals surface area contributed by atoms with Crippen molar-refractivity contribution >= 4 is 5.95 Å². The molecule has 0 aliphatic rings. The van der Waals surface area contributed by atoms with Crippen molar-refractivity contribution in [3.8, 4) is 5.88 Å². The van der Waals surface area contributed by atoms with Crippen LogP contribution in [0, 0.1) is 0 Å². The lowest BCUT2D eigenvalue weighted by molar-refractivity contribution is -0.141. The van der Waals surface area contributed by atoms with Crippen LogP contribution in [0.3, 0.4) is 0 Å². The standard InChI is InChI=1S/C12H16F3N3O/c1-3-5-7-19-10-8-9(12(13,14)15)17-11(18-10)16-6-4-2/h3,8H,1,4-7H2,2H3,(H,16,17,18). The maximum atomic E-state index is 12.7. The van der Waals surface area contributed by atoms with Crippen LogP contribution in [0.2, 0.25) is 0 Å². The van der Waals surface area contributed by atoms with Crippen LogP contribution in [0.5, 0.6) is 5.88 Å². The third-order valence-electron chi connectivity index (χ3n) is 2.10. The highest BCUT2D eigenvalue weighted by Gasteiger charge is 2.34. The molecular weight excluding hydrogens is 259 g/mol. The molecule has 0 atom stereocenters. The first-order valence-corrected chi connectivity index (χ1v) is 5.91. The largest absolute Gasteiger partial charge is 0.477 e. The Kier molecular flexibility index (Phi) is 5.59. The van der Waals surface area contributed by atoms with Gasteiger partial charge in [-0.15, -0.1) is 6.58 Å². The van der Waals surface area contributed by atoms with Gasteiger partial charge in [0.15, 0.2) is 5.69 Å². The minimum atomic E-state index is -4.53. The Morgan fingerprint density at radius 3 is 2.74 bits per heavy atom. The Labute approximate surface area is 109 Å². The zero-order valence-electron chi connectivity index (χ0n) is 10.6. The average Bonchev–Trinajstić information content (AvgIpc) is 2.35. The van der Waals surface area contributed by atoms with Gasteiger partial charge < -0.3 is 10.1 Å². The first-order chi connectivity index (χ1) is 8.97. The van der Waals surface area contributed by atoms with Crippen LogP contribution in [0.25, 0.3) is 0 Å². The molecule has 106 valence electrons. The monoisotopic (exact) mass is 275 g/mol. The van der Waals surface area contributed by atoms with Crippen LogP contribution in [0.15, 0.2) is 18.7 Å². The van der Waals surface area contributed by atoms with Crippen LogP contribution in [0.1, 0.15) is 25.5 Å². The summed E-state index contributed by atoms with van der Waals surface area (Å²) in [5.41, 5.74) is -1.02. The van der Waals surface area contributed by atoms with Crippen LogP contribution in [-0.4, -0.2) is 23.1 Å². The van der Waals surface area contributed by atoms with E-state index in [0.717, 1.165) is 12.5 Å². The molecule has 0 saturated carbocycles. The van der Waals surface area contributed by atoms with Gasteiger partial charge in [0.2, 0.25) is 11.8 Å². The molecule has 0 bridgehead atoms. The SMILES string of the molecule is C=CCCOc1cc(C(F)(F)F)nc(NCCC)n1. The second kappa shape index (κ2) is 6.96. The molecule has 1 rings (SSSR count). The normalized spacial score (nSPS) is 11.2. The van der Waals surface area contributed by atoms with E-state index in [-0.39, 0.29) is 18.4 Å². The summed E-state index contributed by atoms with van der Waals surface area (Å²) in [6, 6.07) is 0.792. The zero-order chi connectivity index (χ0) is 14.3. The van der Waals surface area contributed by atoms with Crippen molar-refractivity contribution in [2.75, 3.05) is 18.5 Å². The second-order valence-corrected chi connectivity index (χ2v) is 3.77. The summed E-state index contributed by atoms with van der Waals surface area (Å²) < 4.78 is 43.1. The number of halogens is 3. The fourth-order valence-corrected chi connectivity index (χ4v) is 1.21. The molecule has 0 spiro atoms. The molecule has 0 unspecified atom stereocenters. The van der Waals surface area contributed by atoms with Crippen molar-refractivity contribution in [3.63, 3.8) is 0 Å². The molecule has 1 aromatic heterocycles. The lowest BCUT2D eigenvalue weighted by atomic mass is 10.4. The number of rotatable bonds is 7. The summed E-state index contributed by atoms with van der Waals surface area (Å²) in [6.07, 6.45) is -1.63. The lowest BCUT2D eigenvalue weighted by Gasteiger charge is -2.11. The summed E-state index contributed by atoms with van der Waals surface area (Å²) in [5.74, 6) is -0.173. The summed E-state index contributed by atoms with van der Waals surface area (Å²) in [6.45, 7) is 6.11. The molecule has 1 heterocycles. The number of alkyl halides is 3. The van der Waals surface area contributed by atoms with E-state index in [1.807, 2.05) is 6.92 Å². The highest BCUT2D eigenvalue weighted by Crippen LogP contribution is 2.30. The molecule has 0 aliphatic heterocycles. The summed E-state index contributed by atoms with van der Waals surface area (Å²) in [5, 5.41) is 2.72. The minimum Gasteiger partial charge on any atom is -0.477 e. The molecule has 0 amide bonds. The van der Waals surface area contributed by atoms with E-state index in [0.29, 0.717) is 13.0 Å². The Morgan fingerprint density at radius 1 is 1.42 bits per heavy atom. The Morgan fingerprint density at radius 2 is 2.16 bits per heavy atom. The van der Waals surface area contributed by atoms with Crippen LogP contribution < -0.4 is 10.1 Å². The van der Waals surface area contributed by atoms with Gasteiger partial charge in [0.05, 0.1) is 6.61 Å². The predicted octanol–water partition coefficient (Wildman–Crippen LogP) is 3.27. The molecule has 1 aromatic rings. The molecule has 0 radical (unpaired) electrons. The summed E-state index contributed by atoms with van der Waals surface area (Å²) in [7, 11) is 0. The fraction of sp³-hybridized carbons (Fsp3) is 0.500. The van der Waals surface area contributed by atoms with Gasteiger partial charge in [0.25, 0.3) is 0 Å². The van der Waals surface area contributed by atoms with Gasteiger partial charge in [-0.2, -0.15) is 18.2 Å². The molecule has 0 aliphatic carbocycles. The van der Waals surface area contributed by atoms with Crippen molar-refractivity contribution < 1.29 is 17.9 Å². The van der Waals surface area contributed by atoms with E-state index in [2.05, 4.69) is 21.9 Å². The highest BCUT2D eigenvalue weighted by atomic mass is 19.4. The molecule has 19 heavy (non-hydrogen) atoms. The van der Waals surface area contributed by atoms with Crippen molar-refractivity contribution in [3.05, 3.63) is 24.4 Å². The van der Waals surface area contributed by atoms with Gasteiger partial charge in [0.1, 0.15) is 0 Å². The van der Waals surface area contributed by atoms with Crippen molar-refractivity contribution in [1.82, 2.24) is 9.97 Å². The van der Waals surface area contributed by atoms with E-state index in [9.17, 15) is 13.2 Å². The maximum Gasteiger partial charge on any atom is 0.433 e. The Hall–Kier alpha value is -1.79. The lowest BCUT2D eigenvalue weighted by Crippen LogP contribution is -2.13. The summed E-state index contributed by atoms with van der Waals surface area (Å²) >= 11 is 0. The molecule has 1 N–H and O–H groups in total. The van der Waals surface area contributed by atoms with E-state index in [1.165, 1.54) is 0 Å². The molecule has 0 saturated heterocycles. The van der Waals surface area contributed by atoms with Gasteiger partial charge >= 0.3 is 6.18 Å².